The number of rotatable bonds is 4. The number of piperazine rings is 1. The summed E-state index contributed by atoms with van der Waals surface area (Å²) in [5.74, 6) is 2.08. The number of carbonyl (C=O) groups excluding carboxylic acids is 1. The topological polar surface area (TPSA) is 36.0 Å². The minimum atomic E-state index is 0.148. The van der Waals surface area contributed by atoms with E-state index in [4.69, 9.17) is 4.74 Å². The molecule has 1 unspecified atom stereocenters. The zero-order valence-electron chi connectivity index (χ0n) is 15.2. The molecule has 25 heavy (non-hydrogen) atoms. The largest absolute Gasteiger partial charge is 0.492 e. The zero-order valence-corrected chi connectivity index (χ0v) is 15.2. The molecule has 136 valence electrons. The van der Waals surface area contributed by atoms with Crippen LogP contribution in [0.2, 0.25) is 0 Å². The number of nitrogens with zero attached hydrogens (tertiary/aromatic N) is 3. The van der Waals surface area contributed by atoms with Crippen molar-refractivity contribution in [1.29, 1.82) is 0 Å². The zero-order chi connectivity index (χ0) is 17.2. The molecule has 4 aliphatic rings. The molecule has 1 amide bonds. The van der Waals surface area contributed by atoms with Gasteiger partial charge in [0.15, 0.2) is 0 Å². The molecular weight excluding hydrogens is 314 g/mol. The molecule has 0 aliphatic carbocycles. The molecule has 5 nitrogen and oxygen atoms in total. The maximum atomic E-state index is 13.0. The highest BCUT2D eigenvalue weighted by atomic mass is 16.5. The van der Waals surface area contributed by atoms with Crippen molar-refractivity contribution >= 4 is 11.6 Å². The van der Waals surface area contributed by atoms with E-state index in [1.807, 2.05) is 19.1 Å². The van der Waals surface area contributed by atoms with E-state index >= 15 is 0 Å². The summed E-state index contributed by atoms with van der Waals surface area (Å²) in [4.78, 5) is 19.9. The molecule has 4 heterocycles. The van der Waals surface area contributed by atoms with Crippen molar-refractivity contribution in [2.75, 3.05) is 50.8 Å². The summed E-state index contributed by atoms with van der Waals surface area (Å²) >= 11 is 0. The van der Waals surface area contributed by atoms with Crippen molar-refractivity contribution in [2.24, 2.45) is 5.92 Å². The van der Waals surface area contributed by atoms with Crippen molar-refractivity contribution < 1.29 is 9.53 Å². The lowest BCUT2D eigenvalue weighted by Crippen LogP contribution is -2.59. The highest BCUT2D eigenvalue weighted by Crippen LogP contribution is 2.33. The molecule has 0 N–H and O–H groups in total. The SMILES string of the molecule is CCOc1ccccc1N1CCN(C(=O)C2CC3CCN2CC3)CC1. The lowest BCUT2D eigenvalue weighted by atomic mass is 9.83. The average Bonchev–Trinajstić information content (AvgIpc) is 2.69. The van der Waals surface area contributed by atoms with Gasteiger partial charge in [-0.25, -0.2) is 0 Å². The Hall–Kier alpha value is -1.75. The van der Waals surface area contributed by atoms with Crippen LogP contribution in [0.15, 0.2) is 24.3 Å². The van der Waals surface area contributed by atoms with Crippen LogP contribution in [0.4, 0.5) is 5.69 Å². The Kier molecular flexibility index (Phi) is 4.84. The van der Waals surface area contributed by atoms with Crippen molar-refractivity contribution in [1.82, 2.24) is 9.80 Å². The molecule has 2 bridgehead atoms. The Bertz CT molecular complexity index is 605. The van der Waals surface area contributed by atoms with Crippen molar-refractivity contribution in [3.63, 3.8) is 0 Å². The number of piperidine rings is 3. The molecule has 0 saturated carbocycles. The minimum absolute atomic E-state index is 0.148. The first-order valence-corrected chi connectivity index (χ1v) is 9.76. The van der Waals surface area contributed by atoms with E-state index in [0.717, 1.165) is 63.0 Å². The van der Waals surface area contributed by atoms with Crippen LogP contribution < -0.4 is 9.64 Å². The predicted molar refractivity (Wildman–Crippen MR) is 99.1 cm³/mol. The van der Waals surface area contributed by atoms with Gasteiger partial charge in [0.05, 0.1) is 18.3 Å². The average molecular weight is 343 g/mol. The Morgan fingerprint density at radius 1 is 1.08 bits per heavy atom. The summed E-state index contributed by atoms with van der Waals surface area (Å²) in [5.41, 5.74) is 1.15. The molecule has 4 saturated heterocycles. The number of amides is 1. The van der Waals surface area contributed by atoms with Crippen LogP contribution in [-0.2, 0) is 4.79 Å². The molecule has 0 aromatic heterocycles. The van der Waals surface area contributed by atoms with E-state index in [1.54, 1.807) is 0 Å². The van der Waals surface area contributed by atoms with E-state index in [1.165, 1.54) is 12.8 Å². The van der Waals surface area contributed by atoms with E-state index in [0.29, 0.717) is 12.5 Å². The molecule has 5 rings (SSSR count). The number of fused-ring (bicyclic) bond motifs is 3. The quantitative estimate of drug-likeness (QED) is 0.840. The number of para-hydroxylation sites is 2. The second-order valence-electron chi connectivity index (χ2n) is 7.44. The smallest absolute Gasteiger partial charge is 0.240 e. The van der Waals surface area contributed by atoms with Crippen LogP contribution in [-0.4, -0.2) is 67.6 Å². The van der Waals surface area contributed by atoms with Crippen LogP contribution >= 0.6 is 0 Å². The molecular formula is C20H29N3O2. The van der Waals surface area contributed by atoms with E-state index in [-0.39, 0.29) is 6.04 Å². The van der Waals surface area contributed by atoms with Gasteiger partial charge in [0.1, 0.15) is 5.75 Å². The van der Waals surface area contributed by atoms with Crippen LogP contribution in [0.25, 0.3) is 0 Å². The van der Waals surface area contributed by atoms with Gasteiger partial charge in [-0.1, -0.05) is 12.1 Å². The Morgan fingerprint density at radius 3 is 2.44 bits per heavy atom. The third kappa shape index (κ3) is 3.34. The monoisotopic (exact) mass is 343 g/mol. The first-order chi connectivity index (χ1) is 12.3. The number of ether oxygens (including phenoxy) is 1. The Balaban J connectivity index is 1.38. The predicted octanol–water partition coefficient (Wildman–Crippen LogP) is 2.22. The van der Waals surface area contributed by atoms with E-state index in [2.05, 4.69) is 26.8 Å². The number of carbonyl (C=O) groups is 1. The standard InChI is InChI=1S/C20H29N3O2/c1-2-25-19-6-4-3-5-17(19)22-11-13-23(14-12-22)20(24)18-15-16-7-9-21(18)10-8-16/h3-6,16,18H,2,7-15H2,1H3. The maximum Gasteiger partial charge on any atom is 0.240 e. The number of anilines is 1. The maximum absolute atomic E-state index is 13.0. The first kappa shape index (κ1) is 16.7. The van der Waals surface area contributed by atoms with Crippen molar-refractivity contribution in [3.05, 3.63) is 24.3 Å². The van der Waals surface area contributed by atoms with E-state index in [9.17, 15) is 4.79 Å². The highest BCUT2D eigenvalue weighted by Gasteiger charge is 2.39. The highest BCUT2D eigenvalue weighted by molar-refractivity contribution is 5.82. The van der Waals surface area contributed by atoms with Gasteiger partial charge in [0, 0.05) is 26.2 Å². The second-order valence-corrected chi connectivity index (χ2v) is 7.44. The molecule has 1 aromatic rings. The van der Waals surface area contributed by atoms with Crippen LogP contribution in [0.3, 0.4) is 0 Å². The molecule has 5 heteroatoms. The fourth-order valence-corrected chi connectivity index (χ4v) is 4.60. The number of hydrogen-bond acceptors (Lipinski definition) is 4. The molecule has 1 atom stereocenters. The molecule has 4 fully saturated rings. The number of benzene rings is 1. The summed E-state index contributed by atoms with van der Waals surface area (Å²) in [6.45, 7) is 8.31. The van der Waals surface area contributed by atoms with Gasteiger partial charge in [-0.3, -0.25) is 9.69 Å². The molecule has 1 aromatic carbocycles. The third-order valence-electron chi connectivity index (χ3n) is 6.03. The molecule has 4 aliphatic heterocycles. The first-order valence-electron chi connectivity index (χ1n) is 9.76. The van der Waals surface area contributed by atoms with Gasteiger partial charge >= 0.3 is 0 Å². The fraction of sp³-hybridized carbons (Fsp3) is 0.650. The second kappa shape index (κ2) is 7.24. The fourth-order valence-electron chi connectivity index (χ4n) is 4.60. The number of hydrogen-bond donors (Lipinski definition) is 0. The van der Waals surface area contributed by atoms with Crippen molar-refractivity contribution in [3.8, 4) is 5.75 Å². The van der Waals surface area contributed by atoms with Crippen LogP contribution in [0.1, 0.15) is 26.2 Å². The van der Waals surface area contributed by atoms with Gasteiger partial charge in [0.2, 0.25) is 5.91 Å². The van der Waals surface area contributed by atoms with Gasteiger partial charge in [-0.15, -0.1) is 0 Å². The summed E-state index contributed by atoms with van der Waals surface area (Å²) in [7, 11) is 0. The van der Waals surface area contributed by atoms with Gasteiger partial charge in [-0.05, 0) is 57.3 Å². The van der Waals surface area contributed by atoms with E-state index < -0.39 is 0 Å². The minimum Gasteiger partial charge on any atom is -0.492 e. The van der Waals surface area contributed by atoms with Gasteiger partial charge in [-0.2, -0.15) is 0 Å². The summed E-state index contributed by atoms with van der Waals surface area (Å²) in [5, 5.41) is 0. The lowest BCUT2D eigenvalue weighted by molar-refractivity contribution is -0.141. The normalized spacial score (nSPS) is 28.9. The van der Waals surface area contributed by atoms with Gasteiger partial charge < -0.3 is 14.5 Å². The molecule has 0 spiro atoms. The Labute approximate surface area is 150 Å². The third-order valence-corrected chi connectivity index (χ3v) is 6.03. The van der Waals surface area contributed by atoms with Gasteiger partial charge in [0.25, 0.3) is 0 Å². The summed E-state index contributed by atoms with van der Waals surface area (Å²) < 4.78 is 5.76. The molecule has 0 radical (unpaired) electrons. The van der Waals surface area contributed by atoms with Crippen LogP contribution in [0.5, 0.6) is 5.75 Å². The lowest BCUT2D eigenvalue weighted by Gasteiger charge is -2.47. The summed E-state index contributed by atoms with van der Waals surface area (Å²) in [6, 6.07) is 8.37. The summed E-state index contributed by atoms with van der Waals surface area (Å²) in [6.07, 6.45) is 3.64. The Morgan fingerprint density at radius 2 is 1.80 bits per heavy atom. The van der Waals surface area contributed by atoms with Crippen LogP contribution in [0, 0.1) is 5.92 Å². The van der Waals surface area contributed by atoms with Crippen molar-refractivity contribution in [2.45, 2.75) is 32.2 Å².